The van der Waals surface area contributed by atoms with Gasteiger partial charge >= 0.3 is 0 Å². The molecule has 0 N–H and O–H groups in total. The van der Waals surface area contributed by atoms with Crippen molar-refractivity contribution >= 4 is 0 Å². The van der Waals surface area contributed by atoms with Crippen LogP contribution < -0.4 is 0 Å². The fraction of sp³-hybridized carbons (Fsp3) is 0.478. The zero-order valence-corrected chi connectivity index (χ0v) is 15.6. The highest BCUT2D eigenvalue weighted by Gasteiger charge is 2.40. The largest absolute Gasteiger partial charge is 0.0991 e. The molecule has 0 aromatic heterocycles. The summed E-state index contributed by atoms with van der Waals surface area (Å²) in [6, 6.07) is 6.76. The third-order valence-corrected chi connectivity index (χ3v) is 5.41. The van der Waals surface area contributed by atoms with Gasteiger partial charge in [0.05, 0.1) is 0 Å². The molecule has 23 heavy (non-hydrogen) atoms. The molecule has 0 saturated heterocycles. The highest BCUT2D eigenvalue weighted by Crippen LogP contribution is 2.50. The van der Waals surface area contributed by atoms with Crippen molar-refractivity contribution in [3.63, 3.8) is 0 Å². The monoisotopic (exact) mass is 308 g/mol. The van der Waals surface area contributed by atoms with E-state index in [1.165, 1.54) is 54.4 Å². The molecule has 124 valence electrons. The van der Waals surface area contributed by atoms with Crippen molar-refractivity contribution in [3.05, 3.63) is 70.3 Å². The molecule has 1 fully saturated rings. The molecule has 0 amide bonds. The summed E-state index contributed by atoms with van der Waals surface area (Å²) >= 11 is 0. The van der Waals surface area contributed by atoms with Gasteiger partial charge in [0.25, 0.3) is 0 Å². The van der Waals surface area contributed by atoms with E-state index in [0.717, 1.165) is 0 Å². The molecular formula is C23H32. The summed E-state index contributed by atoms with van der Waals surface area (Å²) < 4.78 is 0. The van der Waals surface area contributed by atoms with E-state index >= 15 is 0 Å². The Hall–Kier alpha value is -1.56. The quantitative estimate of drug-likeness (QED) is 0.527. The number of allylic oxidation sites excluding steroid dienone is 5. The summed E-state index contributed by atoms with van der Waals surface area (Å²) in [4.78, 5) is 0. The topological polar surface area (TPSA) is 0 Å². The van der Waals surface area contributed by atoms with Crippen LogP contribution in [-0.4, -0.2) is 0 Å². The first-order chi connectivity index (χ1) is 10.9. The zero-order chi connectivity index (χ0) is 17.0. The number of hydrogen-bond donors (Lipinski definition) is 0. The van der Waals surface area contributed by atoms with Crippen LogP contribution >= 0.6 is 0 Å². The van der Waals surface area contributed by atoms with Crippen LogP contribution in [0.4, 0.5) is 0 Å². The van der Waals surface area contributed by atoms with Crippen LogP contribution in [0, 0.1) is 13.8 Å². The van der Waals surface area contributed by atoms with Crippen LogP contribution in [0.15, 0.2) is 53.6 Å². The highest BCUT2D eigenvalue weighted by atomic mass is 14.4. The molecule has 1 aromatic rings. The Balaban J connectivity index is 2.77. The SMILES string of the molecule is C=C/C=C(/C)C(=C(C)C)C1(c2c(C)cccc2C)CCCCC1. The van der Waals surface area contributed by atoms with Gasteiger partial charge in [0.15, 0.2) is 0 Å². The summed E-state index contributed by atoms with van der Waals surface area (Å²) in [5.41, 5.74) is 9.02. The lowest BCUT2D eigenvalue weighted by Crippen LogP contribution is -2.34. The molecule has 0 heteroatoms. The Bertz CT molecular complexity index is 610. The molecule has 2 rings (SSSR count). The van der Waals surface area contributed by atoms with Gasteiger partial charge in [0, 0.05) is 5.41 Å². The normalized spacial score (nSPS) is 17.7. The van der Waals surface area contributed by atoms with Gasteiger partial charge in [-0.15, -0.1) is 0 Å². The number of rotatable bonds is 4. The minimum Gasteiger partial charge on any atom is -0.0991 e. The lowest BCUT2D eigenvalue weighted by molar-refractivity contribution is 0.338. The minimum atomic E-state index is 0.177. The zero-order valence-electron chi connectivity index (χ0n) is 15.6. The van der Waals surface area contributed by atoms with E-state index in [2.05, 4.69) is 65.5 Å². The van der Waals surface area contributed by atoms with E-state index in [-0.39, 0.29) is 5.41 Å². The molecular weight excluding hydrogens is 276 g/mol. The second kappa shape index (κ2) is 7.34. The predicted octanol–water partition coefficient (Wildman–Crippen LogP) is 6.97. The lowest BCUT2D eigenvalue weighted by Gasteiger charge is -2.43. The van der Waals surface area contributed by atoms with Crippen LogP contribution in [0.5, 0.6) is 0 Å². The molecule has 0 unspecified atom stereocenters. The van der Waals surface area contributed by atoms with Gasteiger partial charge in [-0.1, -0.05) is 61.8 Å². The van der Waals surface area contributed by atoms with Crippen LogP contribution in [-0.2, 0) is 5.41 Å². The number of hydrogen-bond acceptors (Lipinski definition) is 0. The second-order valence-corrected chi connectivity index (χ2v) is 7.37. The molecule has 0 radical (unpaired) electrons. The van der Waals surface area contributed by atoms with E-state index in [1.807, 2.05) is 6.08 Å². The van der Waals surface area contributed by atoms with Crippen LogP contribution in [0.2, 0.25) is 0 Å². The third kappa shape index (κ3) is 3.37. The smallest absolute Gasteiger partial charge is 0.0210 e. The van der Waals surface area contributed by atoms with Gasteiger partial charge < -0.3 is 0 Å². The van der Waals surface area contributed by atoms with Crippen LogP contribution in [0.3, 0.4) is 0 Å². The van der Waals surface area contributed by atoms with Crippen molar-refractivity contribution < 1.29 is 0 Å². The second-order valence-electron chi connectivity index (χ2n) is 7.37. The summed E-state index contributed by atoms with van der Waals surface area (Å²) in [6.07, 6.45) is 10.7. The Kier molecular flexibility index (Phi) is 5.68. The van der Waals surface area contributed by atoms with E-state index in [0.29, 0.717) is 0 Å². The van der Waals surface area contributed by atoms with Crippen molar-refractivity contribution in [2.75, 3.05) is 0 Å². The minimum absolute atomic E-state index is 0.177. The fourth-order valence-corrected chi connectivity index (χ4v) is 4.86. The van der Waals surface area contributed by atoms with Crippen molar-refractivity contribution in [1.82, 2.24) is 0 Å². The van der Waals surface area contributed by atoms with E-state index in [1.54, 1.807) is 11.1 Å². The van der Waals surface area contributed by atoms with E-state index < -0.39 is 0 Å². The van der Waals surface area contributed by atoms with Gasteiger partial charge in [-0.05, 0) is 75.3 Å². The van der Waals surface area contributed by atoms with E-state index in [4.69, 9.17) is 0 Å². The highest BCUT2D eigenvalue weighted by molar-refractivity contribution is 5.53. The first-order valence-corrected chi connectivity index (χ1v) is 8.98. The molecule has 1 aliphatic carbocycles. The van der Waals surface area contributed by atoms with Gasteiger partial charge in [0.2, 0.25) is 0 Å². The van der Waals surface area contributed by atoms with Crippen LogP contribution in [0.25, 0.3) is 0 Å². The molecule has 1 saturated carbocycles. The first-order valence-electron chi connectivity index (χ1n) is 8.98. The van der Waals surface area contributed by atoms with Crippen molar-refractivity contribution in [1.29, 1.82) is 0 Å². The molecule has 0 heterocycles. The first kappa shape index (κ1) is 17.8. The van der Waals surface area contributed by atoms with E-state index in [9.17, 15) is 0 Å². The Morgan fingerprint density at radius 1 is 1.00 bits per heavy atom. The predicted molar refractivity (Wildman–Crippen MR) is 103 cm³/mol. The van der Waals surface area contributed by atoms with Crippen LogP contribution in [0.1, 0.15) is 69.6 Å². The molecule has 0 bridgehead atoms. The Morgan fingerprint density at radius 3 is 2.04 bits per heavy atom. The van der Waals surface area contributed by atoms with Gasteiger partial charge in [0.1, 0.15) is 0 Å². The summed E-state index contributed by atoms with van der Waals surface area (Å²) in [7, 11) is 0. The fourth-order valence-electron chi connectivity index (χ4n) is 4.86. The number of aryl methyl sites for hydroxylation is 2. The molecule has 0 spiro atoms. The molecule has 0 aliphatic heterocycles. The van der Waals surface area contributed by atoms with Gasteiger partial charge in [-0.2, -0.15) is 0 Å². The maximum Gasteiger partial charge on any atom is 0.0210 e. The Labute approximate surface area is 143 Å². The summed E-state index contributed by atoms with van der Waals surface area (Å²) in [5, 5.41) is 0. The lowest BCUT2D eigenvalue weighted by atomic mass is 9.60. The Morgan fingerprint density at radius 2 is 1.57 bits per heavy atom. The average molecular weight is 309 g/mol. The maximum atomic E-state index is 3.92. The summed E-state index contributed by atoms with van der Waals surface area (Å²) in [5.74, 6) is 0. The molecule has 1 aromatic carbocycles. The molecule has 0 atom stereocenters. The average Bonchev–Trinajstić information content (AvgIpc) is 2.48. The summed E-state index contributed by atoms with van der Waals surface area (Å²) in [6.45, 7) is 15.3. The van der Waals surface area contributed by atoms with Gasteiger partial charge in [-0.25, -0.2) is 0 Å². The molecule has 0 nitrogen and oxygen atoms in total. The molecule has 1 aliphatic rings. The van der Waals surface area contributed by atoms with Crippen molar-refractivity contribution in [3.8, 4) is 0 Å². The van der Waals surface area contributed by atoms with Crippen molar-refractivity contribution in [2.24, 2.45) is 0 Å². The van der Waals surface area contributed by atoms with Crippen molar-refractivity contribution in [2.45, 2.75) is 72.1 Å². The standard InChI is InChI=1S/C23H32/c1-7-12-18(4)21(17(2)3)23(15-9-8-10-16-23)22-19(5)13-11-14-20(22)6/h7,11-14H,1,8-10,15-16H2,2-6H3/b18-12-. The third-order valence-electron chi connectivity index (χ3n) is 5.41. The number of benzene rings is 1. The van der Waals surface area contributed by atoms with Gasteiger partial charge in [-0.3, -0.25) is 0 Å². The maximum absolute atomic E-state index is 3.92.